The molecule has 0 unspecified atom stereocenters. The van der Waals surface area contributed by atoms with Gasteiger partial charge in [-0.25, -0.2) is 9.37 Å². The van der Waals surface area contributed by atoms with Crippen molar-refractivity contribution in [3.63, 3.8) is 0 Å². The van der Waals surface area contributed by atoms with Crippen molar-refractivity contribution in [1.29, 1.82) is 0 Å². The van der Waals surface area contributed by atoms with E-state index < -0.39 is 0 Å². The first-order valence-electron chi connectivity index (χ1n) is 3.78. The van der Waals surface area contributed by atoms with Gasteiger partial charge in [-0.1, -0.05) is 27.5 Å². The second-order valence-electron chi connectivity index (χ2n) is 2.81. The van der Waals surface area contributed by atoms with Crippen LogP contribution in [0.25, 0.3) is 10.9 Å². The lowest BCUT2D eigenvalue weighted by Gasteiger charge is -2.03. The van der Waals surface area contributed by atoms with E-state index in [0.29, 0.717) is 15.4 Å². The number of halogens is 3. The molecule has 0 atom stereocenters. The number of pyridine rings is 1. The zero-order valence-corrected chi connectivity index (χ0v) is 9.23. The first-order valence-corrected chi connectivity index (χ1v) is 4.96. The monoisotopic (exact) mass is 274 g/mol. The van der Waals surface area contributed by atoms with Crippen LogP contribution in [0.5, 0.6) is 0 Å². The van der Waals surface area contributed by atoms with E-state index in [1.807, 2.05) is 0 Å². The average Bonchev–Trinajstić information content (AvgIpc) is 2.08. The predicted octanol–water partition coefficient (Wildman–Crippen LogP) is 3.37. The summed E-state index contributed by atoms with van der Waals surface area (Å²) in [5.41, 5.74) is 5.99. The normalized spacial score (nSPS) is 10.8. The molecule has 0 saturated carbocycles. The van der Waals surface area contributed by atoms with Gasteiger partial charge in [-0.2, -0.15) is 0 Å². The summed E-state index contributed by atoms with van der Waals surface area (Å²) < 4.78 is 14.0. The lowest BCUT2D eigenvalue weighted by atomic mass is 10.2. The van der Waals surface area contributed by atoms with Gasteiger partial charge in [-0.3, -0.25) is 0 Å². The summed E-state index contributed by atoms with van der Waals surface area (Å²) >= 11 is 8.91. The van der Waals surface area contributed by atoms with E-state index in [4.69, 9.17) is 17.3 Å². The molecule has 0 aliphatic carbocycles. The summed E-state index contributed by atoms with van der Waals surface area (Å²) in [5.74, 6) is -0.166. The molecule has 2 N–H and O–H groups in total. The molecule has 2 rings (SSSR count). The van der Waals surface area contributed by atoms with Crippen molar-refractivity contribution in [3.05, 3.63) is 33.5 Å². The molecule has 0 bridgehead atoms. The number of nitrogens with zero attached hydrogens (tertiary/aromatic N) is 1. The molecule has 72 valence electrons. The summed E-state index contributed by atoms with van der Waals surface area (Å²) in [6.45, 7) is 0. The number of anilines is 1. The minimum atomic E-state index is -0.372. The molecule has 2 nitrogen and oxygen atoms in total. The Bertz CT molecular complexity index is 516. The van der Waals surface area contributed by atoms with Crippen molar-refractivity contribution < 1.29 is 4.39 Å². The number of hydrogen-bond donors (Lipinski definition) is 1. The third-order valence-electron chi connectivity index (χ3n) is 1.83. The van der Waals surface area contributed by atoms with Gasteiger partial charge in [0, 0.05) is 9.86 Å². The van der Waals surface area contributed by atoms with Crippen LogP contribution in [-0.2, 0) is 0 Å². The molecule has 0 fully saturated rings. The van der Waals surface area contributed by atoms with Gasteiger partial charge in [0.25, 0.3) is 0 Å². The largest absolute Gasteiger partial charge is 0.382 e. The molecule has 5 heteroatoms. The quantitative estimate of drug-likeness (QED) is 0.800. The van der Waals surface area contributed by atoms with Gasteiger partial charge >= 0.3 is 0 Å². The van der Waals surface area contributed by atoms with E-state index in [1.54, 1.807) is 6.07 Å². The Kier molecular flexibility index (Phi) is 2.33. The third-order valence-corrected chi connectivity index (χ3v) is 2.59. The van der Waals surface area contributed by atoms with E-state index in [1.165, 1.54) is 12.1 Å². The Balaban J connectivity index is 2.89. The van der Waals surface area contributed by atoms with Crippen molar-refractivity contribution in [1.82, 2.24) is 4.98 Å². The van der Waals surface area contributed by atoms with E-state index in [9.17, 15) is 4.39 Å². The molecular formula is C9H5BrClFN2. The van der Waals surface area contributed by atoms with E-state index in [0.717, 1.165) is 0 Å². The number of rotatable bonds is 0. The molecule has 0 saturated heterocycles. The van der Waals surface area contributed by atoms with Crippen LogP contribution in [0, 0.1) is 5.82 Å². The number of nitrogens with two attached hydrogens (primary N) is 1. The molecule has 0 aliphatic heterocycles. The molecule has 1 aromatic carbocycles. The lowest BCUT2D eigenvalue weighted by Crippen LogP contribution is -1.93. The highest BCUT2D eigenvalue weighted by molar-refractivity contribution is 9.10. The van der Waals surface area contributed by atoms with Crippen LogP contribution in [0.2, 0.25) is 5.02 Å². The zero-order chi connectivity index (χ0) is 10.3. The molecular weight excluding hydrogens is 270 g/mol. The fourth-order valence-electron chi connectivity index (χ4n) is 1.19. The summed E-state index contributed by atoms with van der Waals surface area (Å²) in [4.78, 5) is 3.97. The number of fused-ring (bicyclic) bond motifs is 1. The fraction of sp³-hybridized carbons (Fsp3) is 0. The van der Waals surface area contributed by atoms with Crippen molar-refractivity contribution in [3.8, 4) is 0 Å². The first-order chi connectivity index (χ1) is 6.58. The first kappa shape index (κ1) is 9.68. The van der Waals surface area contributed by atoms with Gasteiger partial charge in [0.1, 0.15) is 11.6 Å². The van der Waals surface area contributed by atoms with Gasteiger partial charge in [0.15, 0.2) is 0 Å². The van der Waals surface area contributed by atoms with Crippen molar-refractivity contribution >= 4 is 44.3 Å². The highest BCUT2D eigenvalue weighted by Gasteiger charge is 2.07. The van der Waals surface area contributed by atoms with Gasteiger partial charge in [0.2, 0.25) is 0 Å². The highest BCUT2D eigenvalue weighted by Crippen LogP contribution is 2.27. The lowest BCUT2D eigenvalue weighted by molar-refractivity contribution is 0.639. The zero-order valence-electron chi connectivity index (χ0n) is 6.89. The minimum absolute atomic E-state index is 0.205. The van der Waals surface area contributed by atoms with Crippen LogP contribution in [0.4, 0.5) is 10.2 Å². The maximum Gasteiger partial charge on any atom is 0.142 e. The van der Waals surface area contributed by atoms with Crippen molar-refractivity contribution in [2.75, 3.05) is 5.73 Å². The molecule has 2 aromatic rings. The van der Waals surface area contributed by atoms with Crippen LogP contribution in [-0.4, -0.2) is 4.98 Å². The Morgan fingerprint density at radius 2 is 2.07 bits per heavy atom. The maximum absolute atomic E-state index is 13.4. The summed E-state index contributed by atoms with van der Waals surface area (Å²) in [6, 6.07) is 4.52. The molecule has 1 heterocycles. The smallest absolute Gasteiger partial charge is 0.142 e. The Morgan fingerprint density at radius 3 is 2.79 bits per heavy atom. The van der Waals surface area contributed by atoms with Gasteiger partial charge in [0.05, 0.1) is 10.5 Å². The van der Waals surface area contributed by atoms with Crippen molar-refractivity contribution in [2.45, 2.75) is 0 Å². The van der Waals surface area contributed by atoms with E-state index >= 15 is 0 Å². The second-order valence-corrected chi connectivity index (χ2v) is 4.13. The van der Waals surface area contributed by atoms with Crippen LogP contribution in [0.3, 0.4) is 0 Å². The van der Waals surface area contributed by atoms with Crippen LogP contribution in [0.15, 0.2) is 22.7 Å². The van der Waals surface area contributed by atoms with Gasteiger partial charge in [-0.15, -0.1) is 0 Å². The van der Waals surface area contributed by atoms with Crippen LogP contribution in [0.1, 0.15) is 0 Å². The van der Waals surface area contributed by atoms with Crippen molar-refractivity contribution in [2.24, 2.45) is 0 Å². The number of nitrogen functional groups attached to an aromatic ring is 1. The van der Waals surface area contributed by atoms with E-state index in [-0.39, 0.29) is 16.7 Å². The van der Waals surface area contributed by atoms with E-state index in [2.05, 4.69) is 20.9 Å². The topological polar surface area (TPSA) is 38.9 Å². The standard InChI is InChI=1S/C9H5BrClFN2/c10-4-1-7(12)5-3-6(11)9(13)14-8(5)2-4/h1-3H,(H2,13,14). The third kappa shape index (κ3) is 1.55. The Labute approximate surface area is 93.0 Å². The maximum atomic E-state index is 13.4. The molecule has 0 amide bonds. The van der Waals surface area contributed by atoms with Crippen LogP contribution < -0.4 is 5.73 Å². The summed E-state index contributed by atoms with van der Waals surface area (Å²) in [5, 5.41) is 0.631. The number of aromatic nitrogens is 1. The Hall–Kier alpha value is -0.870. The molecule has 0 aliphatic rings. The van der Waals surface area contributed by atoms with Crippen LogP contribution >= 0.6 is 27.5 Å². The molecule has 0 radical (unpaired) electrons. The Morgan fingerprint density at radius 1 is 1.36 bits per heavy atom. The summed E-state index contributed by atoms with van der Waals surface area (Å²) in [7, 11) is 0. The molecule has 1 aromatic heterocycles. The molecule has 14 heavy (non-hydrogen) atoms. The van der Waals surface area contributed by atoms with Gasteiger partial charge < -0.3 is 5.73 Å². The van der Waals surface area contributed by atoms with Gasteiger partial charge in [-0.05, 0) is 18.2 Å². The molecule has 0 spiro atoms. The number of benzene rings is 1. The fourth-order valence-corrected chi connectivity index (χ4v) is 1.76. The SMILES string of the molecule is Nc1nc2cc(Br)cc(F)c2cc1Cl. The average molecular weight is 276 g/mol. The predicted molar refractivity (Wildman–Crippen MR) is 58.8 cm³/mol. The minimum Gasteiger partial charge on any atom is -0.382 e. The summed E-state index contributed by atoms with van der Waals surface area (Å²) in [6.07, 6.45) is 0. The highest BCUT2D eigenvalue weighted by atomic mass is 79.9. The second kappa shape index (κ2) is 3.37. The number of hydrogen-bond acceptors (Lipinski definition) is 2.